The van der Waals surface area contributed by atoms with Gasteiger partial charge in [-0.25, -0.2) is 0 Å². The number of hydrogen-bond donors (Lipinski definition) is 2. The van der Waals surface area contributed by atoms with Gasteiger partial charge in [-0.05, 0) is 0 Å². The number of carbonyl (C=O) groups excluding carboxylic acids is 1. The maximum absolute atomic E-state index is 8.68. The van der Waals surface area contributed by atoms with Crippen molar-refractivity contribution in [2.45, 2.75) is 26.7 Å². The van der Waals surface area contributed by atoms with E-state index in [1.807, 2.05) is 13.3 Å². The van der Waals surface area contributed by atoms with Crippen LogP contribution in [-0.4, -0.2) is 17.3 Å². The van der Waals surface area contributed by atoms with Gasteiger partial charge in [-0.2, -0.15) is 20.3 Å². The first-order valence-corrected chi connectivity index (χ1v) is 4.01. The molecule has 14 heavy (non-hydrogen) atoms. The smallest absolute Gasteiger partial charge is 0.542 e. The number of hydrogen-bond acceptors (Lipinski definition) is 3. The summed E-state index contributed by atoms with van der Waals surface area (Å²) in [6.07, 6.45) is 5.32. The van der Waals surface area contributed by atoms with Crippen molar-refractivity contribution >= 4 is 12.1 Å². The standard InChI is InChI=1S/C7H14N2O.C2H3O.Li/c1-3-4-5-6(2)7(8)9-10;1-2-3;/h3,6,10H,2,4-5H2,1H3,(H2,8,9);1H3;/q-2;-1;+1. The molecule has 0 saturated heterocycles. The van der Waals surface area contributed by atoms with Crippen molar-refractivity contribution < 1.29 is 28.9 Å². The molecule has 4 nitrogen and oxygen atoms in total. The number of unbranched alkanes of at least 4 members (excludes halogenated alkanes) is 1. The van der Waals surface area contributed by atoms with E-state index in [4.69, 9.17) is 15.7 Å². The molecule has 0 aliphatic rings. The predicted octanol–water partition coefficient (Wildman–Crippen LogP) is -1.69. The second-order valence-electron chi connectivity index (χ2n) is 2.41. The van der Waals surface area contributed by atoms with E-state index in [0.717, 1.165) is 12.8 Å². The summed E-state index contributed by atoms with van der Waals surface area (Å²) < 4.78 is 0. The second-order valence-corrected chi connectivity index (χ2v) is 2.41. The van der Waals surface area contributed by atoms with Gasteiger partial charge >= 0.3 is 18.9 Å². The summed E-state index contributed by atoms with van der Waals surface area (Å²) in [4.78, 5) is 8.68. The molecule has 78 valence electrons. The molecule has 0 aliphatic carbocycles. The van der Waals surface area contributed by atoms with Crippen LogP contribution >= 0.6 is 0 Å². The van der Waals surface area contributed by atoms with Crippen LogP contribution in [0.1, 0.15) is 26.7 Å². The zero-order valence-corrected chi connectivity index (χ0v) is 9.16. The summed E-state index contributed by atoms with van der Waals surface area (Å²) >= 11 is 0. The molecule has 0 saturated carbocycles. The zero-order chi connectivity index (χ0) is 10.7. The monoisotopic (exact) mass is 192 g/mol. The minimum absolute atomic E-state index is 0. The quantitative estimate of drug-likeness (QED) is 0.139. The molecule has 0 fully saturated rings. The van der Waals surface area contributed by atoms with Crippen molar-refractivity contribution in [1.82, 2.24) is 0 Å². The Labute approximate surface area is 98.1 Å². The Bertz CT molecular complexity index is 152. The summed E-state index contributed by atoms with van der Waals surface area (Å²) in [5.41, 5.74) is 5.28. The van der Waals surface area contributed by atoms with Crippen LogP contribution in [0.15, 0.2) is 5.16 Å². The molecule has 0 heterocycles. The number of nitrogens with zero attached hydrogens (tertiary/aromatic N) is 1. The Morgan fingerprint density at radius 3 is 2.50 bits per heavy atom. The van der Waals surface area contributed by atoms with Gasteiger partial charge in [-0.1, -0.05) is 11.6 Å². The van der Waals surface area contributed by atoms with Gasteiger partial charge in [-0.3, -0.25) is 6.29 Å². The van der Waals surface area contributed by atoms with E-state index in [1.54, 1.807) is 0 Å². The largest absolute Gasteiger partial charge is 1.00 e. The van der Waals surface area contributed by atoms with Gasteiger partial charge in [0.25, 0.3) is 0 Å². The first kappa shape index (κ1) is 19.2. The summed E-state index contributed by atoms with van der Waals surface area (Å²) in [5.74, 6) is 0.142. The molecule has 0 amide bonds. The van der Waals surface area contributed by atoms with Crippen molar-refractivity contribution in [1.29, 1.82) is 0 Å². The van der Waals surface area contributed by atoms with E-state index in [1.165, 1.54) is 13.2 Å². The molecule has 0 aliphatic heterocycles. The third kappa shape index (κ3) is 14.1. The van der Waals surface area contributed by atoms with Crippen molar-refractivity contribution in [2.75, 3.05) is 0 Å². The van der Waals surface area contributed by atoms with Crippen molar-refractivity contribution in [2.24, 2.45) is 16.8 Å². The van der Waals surface area contributed by atoms with Crippen LogP contribution in [0.25, 0.3) is 0 Å². The van der Waals surface area contributed by atoms with Gasteiger partial charge in [-0.15, -0.1) is 5.92 Å². The first-order valence-electron chi connectivity index (χ1n) is 4.01. The second kappa shape index (κ2) is 15.0. The maximum Gasteiger partial charge on any atom is 1.00 e. The van der Waals surface area contributed by atoms with Crippen molar-refractivity contribution in [3.8, 4) is 0 Å². The van der Waals surface area contributed by atoms with Gasteiger partial charge in [0.05, 0.1) is 0 Å². The molecule has 0 aromatic heterocycles. The fraction of sp³-hybridized carbons (Fsp3) is 0.556. The molecular weight excluding hydrogens is 175 g/mol. The van der Waals surface area contributed by atoms with E-state index < -0.39 is 0 Å². The Morgan fingerprint density at radius 2 is 2.21 bits per heavy atom. The molecule has 1 unspecified atom stereocenters. The Kier molecular flexibility index (Phi) is 20.6. The molecular formula is C9H17LiN2O2-2. The minimum Gasteiger partial charge on any atom is -0.542 e. The fourth-order valence-corrected chi connectivity index (χ4v) is 0.597. The van der Waals surface area contributed by atoms with E-state index in [2.05, 4.69) is 12.1 Å². The summed E-state index contributed by atoms with van der Waals surface area (Å²) in [7, 11) is 0. The van der Waals surface area contributed by atoms with Crippen LogP contribution in [-0.2, 0) is 4.79 Å². The topological polar surface area (TPSA) is 75.7 Å². The zero-order valence-electron chi connectivity index (χ0n) is 9.16. The average Bonchev–Trinajstić information content (AvgIpc) is 2.14. The molecule has 0 spiro atoms. The van der Waals surface area contributed by atoms with Gasteiger partial charge in [0.15, 0.2) is 0 Å². The maximum atomic E-state index is 8.68. The van der Waals surface area contributed by atoms with Gasteiger partial charge in [0.1, 0.15) is 5.84 Å². The molecule has 1 atom stereocenters. The molecule has 0 bridgehead atoms. The van der Waals surface area contributed by atoms with E-state index in [-0.39, 0.29) is 30.6 Å². The number of oxime groups is 1. The van der Waals surface area contributed by atoms with Crippen molar-refractivity contribution in [3.63, 3.8) is 0 Å². The van der Waals surface area contributed by atoms with E-state index >= 15 is 0 Å². The van der Waals surface area contributed by atoms with Crippen LogP contribution in [0.5, 0.6) is 0 Å². The Morgan fingerprint density at radius 1 is 1.79 bits per heavy atom. The van der Waals surface area contributed by atoms with Gasteiger partial charge < -0.3 is 29.1 Å². The molecule has 0 aromatic carbocycles. The van der Waals surface area contributed by atoms with Crippen LogP contribution in [0.3, 0.4) is 0 Å². The van der Waals surface area contributed by atoms with Crippen LogP contribution in [0.2, 0.25) is 0 Å². The van der Waals surface area contributed by atoms with Crippen LogP contribution in [0, 0.1) is 19.3 Å². The van der Waals surface area contributed by atoms with E-state index in [9.17, 15) is 0 Å². The first-order chi connectivity index (χ1) is 6.13. The molecule has 0 aromatic rings. The van der Waals surface area contributed by atoms with Crippen molar-refractivity contribution in [3.05, 3.63) is 13.3 Å². The number of amidine groups is 1. The molecule has 0 rings (SSSR count). The molecule has 0 radical (unpaired) electrons. The predicted molar refractivity (Wildman–Crippen MR) is 52.8 cm³/mol. The molecule has 3 N–H and O–H groups in total. The van der Waals surface area contributed by atoms with E-state index in [0.29, 0.717) is 0 Å². The van der Waals surface area contributed by atoms with Gasteiger partial charge in [0.2, 0.25) is 0 Å². The molecule has 5 heteroatoms. The normalized spacial score (nSPS) is 11.8. The number of nitrogens with two attached hydrogens (primary N) is 1. The summed E-state index contributed by atoms with van der Waals surface area (Å²) in [6.45, 7) is 7.00. The van der Waals surface area contributed by atoms with Crippen LogP contribution in [0.4, 0.5) is 0 Å². The average molecular weight is 192 g/mol. The SMILES string of the molecule is C[C-]=O.[CH2-]C(CC[CH-]C)/C(N)=N\O.[Li+]. The Hall–Kier alpha value is -0.463. The van der Waals surface area contributed by atoms with Gasteiger partial charge in [0, 0.05) is 0 Å². The summed E-state index contributed by atoms with van der Waals surface area (Å²) in [5, 5.41) is 11.1. The number of rotatable bonds is 4. The third-order valence-electron chi connectivity index (χ3n) is 1.34. The summed E-state index contributed by atoms with van der Waals surface area (Å²) in [6, 6.07) is 0. The minimum atomic E-state index is -0.0683. The fourth-order valence-electron chi connectivity index (χ4n) is 0.597. The Balaban J connectivity index is -0.000000267. The third-order valence-corrected chi connectivity index (χ3v) is 1.34. The van der Waals surface area contributed by atoms with Crippen LogP contribution < -0.4 is 24.6 Å².